The first-order valence-corrected chi connectivity index (χ1v) is 13.7. The highest BCUT2D eigenvalue weighted by atomic mass is 32.1. The fourth-order valence-electron chi connectivity index (χ4n) is 3.94. The normalized spacial score (nSPS) is 11.1. The molecule has 4 N–H and O–H groups in total. The highest BCUT2D eigenvalue weighted by molar-refractivity contribution is 7.80. The van der Waals surface area contributed by atoms with Gasteiger partial charge in [-0.05, 0) is 37.2 Å². The summed E-state index contributed by atoms with van der Waals surface area (Å²) in [4.78, 5) is 0.705. The Morgan fingerprint density at radius 3 is 2.03 bits per heavy atom. The Morgan fingerprint density at radius 2 is 1.48 bits per heavy atom. The number of hydrogen-bond donors (Lipinski definition) is 3. The molecule has 0 fully saturated rings. The van der Waals surface area contributed by atoms with E-state index in [0.717, 1.165) is 23.4 Å². The largest absolute Gasteiger partial charge is 0.495 e. The number of rotatable bonds is 21. The molecular formula is C28H49N3OS. The summed E-state index contributed by atoms with van der Waals surface area (Å²) in [5.74, 6) is 0.775. The number of anilines is 1. The third-order valence-electron chi connectivity index (χ3n) is 5.98. The minimum atomic E-state index is 0.578. The van der Waals surface area contributed by atoms with Gasteiger partial charge in [0.25, 0.3) is 0 Å². The number of thiocarbonyl (C=S) groups is 1. The molecule has 0 spiro atoms. The number of methoxy groups -OCH3 is 1. The van der Waals surface area contributed by atoms with Crippen molar-refractivity contribution < 1.29 is 4.74 Å². The van der Waals surface area contributed by atoms with E-state index in [-0.39, 0.29) is 0 Å². The van der Waals surface area contributed by atoms with E-state index >= 15 is 0 Å². The average molecular weight is 476 g/mol. The highest BCUT2D eigenvalue weighted by Crippen LogP contribution is 2.25. The Hall–Kier alpha value is -1.59. The lowest BCUT2D eigenvalue weighted by molar-refractivity contribution is 0.416. The van der Waals surface area contributed by atoms with Crippen LogP contribution in [-0.4, -0.2) is 25.2 Å². The first-order valence-electron chi connectivity index (χ1n) is 13.3. The fourth-order valence-corrected chi connectivity index (χ4v) is 4.14. The van der Waals surface area contributed by atoms with Gasteiger partial charge >= 0.3 is 0 Å². The quantitative estimate of drug-likeness (QED) is 0.125. The predicted molar refractivity (Wildman–Crippen MR) is 149 cm³/mol. The third-order valence-corrected chi connectivity index (χ3v) is 6.33. The topological polar surface area (TPSA) is 59.3 Å². The van der Waals surface area contributed by atoms with E-state index in [0.29, 0.717) is 18.1 Å². The zero-order valence-corrected chi connectivity index (χ0v) is 22.1. The molecular weight excluding hydrogens is 426 g/mol. The summed E-state index contributed by atoms with van der Waals surface area (Å²) in [6.07, 6.45) is 24.8. The van der Waals surface area contributed by atoms with Gasteiger partial charge in [0.2, 0.25) is 0 Å². The van der Waals surface area contributed by atoms with Gasteiger partial charge in [0.15, 0.2) is 0 Å². The second-order valence-electron chi connectivity index (χ2n) is 8.89. The molecule has 188 valence electrons. The van der Waals surface area contributed by atoms with E-state index in [1.54, 1.807) is 7.11 Å². The van der Waals surface area contributed by atoms with Gasteiger partial charge in [0.1, 0.15) is 10.7 Å². The van der Waals surface area contributed by atoms with Crippen LogP contribution in [0.4, 0.5) is 5.69 Å². The Balaban J connectivity index is 2.03. The summed E-state index contributed by atoms with van der Waals surface area (Å²) in [6.45, 7) is 3.57. The number of unbranched alkanes of at least 4 members (excludes halogenated alkanes) is 14. The zero-order valence-electron chi connectivity index (χ0n) is 21.3. The zero-order chi connectivity index (χ0) is 24.0. The molecule has 5 heteroatoms. The summed E-state index contributed by atoms with van der Waals surface area (Å²) in [5.41, 5.74) is 7.44. The van der Waals surface area contributed by atoms with Gasteiger partial charge in [-0.1, -0.05) is 109 Å². The lowest BCUT2D eigenvalue weighted by atomic mass is 10.0. The van der Waals surface area contributed by atoms with Crippen LogP contribution in [0.15, 0.2) is 30.5 Å². The fraction of sp³-hybridized carbons (Fsp3) is 0.679. The molecule has 0 saturated carbocycles. The summed E-state index contributed by atoms with van der Waals surface area (Å²) < 4.78 is 5.46. The van der Waals surface area contributed by atoms with Crippen LogP contribution >= 0.6 is 12.2 Å². The lowest BCUT2D eigenvalue weighted by Gasteiger charge is -2.12. The predicted octanol–water partition coefficient (Wildman–Crippen LogP) is 7.72. The van der Waals surface area contributed by atoms with Crippen molar-refractivity contribution in [3.05, 3.63) is 36.0 Å². The maximum atomic E-state index is 5.56. The molecule has 0 amide bonds. The van der Waals surface area contributed by atoms with Crippen molar-refractivity contribution in [3.8, 4) is 5.75 Å². The highest BCUT2D eigenvalue weighted by Gasteiger charge is 2.06. The monoisotopic (exact) mass is 475 g/mol. The minimum Gasteiger partial charge on any atom is -0.495 e. The second-order valence-corrected chi connectivity index (χ2v) is 9.30. The maximum Gasteiger partial charge on any atom is 0.142 e. The van der Waals surface area contributed by atoms with Gasteiger partial charge in [-0.15, -0.1) is 0 Å². The summed E-state index contributed by atoms with van der Waals surface area (Å²) in [5, 5.41) is 6.47. The van der Waals surface area contributed by atoms with E-state index < -0.39 is 0 Å². The molecule has 0 aliphatic rings. The molecule has 1 rings (SSSR count). The van der Waals surface area contributed by atoms with Crippen LogP contribution in [0.3, 0.4) is 0 Å². The van der Waals surface area contributed by atoms with E-state index in [1.165, 1.54) is 89.9 Å². The van der Waals surface area contributed by atoms with Crippen molar-refractivity contribution in [2.24, 2.45) is 5.73 Å². The molecule has 1 aromatic rings. The molecule has 0 aliphatic heterocycles. The van der Waals surface area contributed by atoms with E-state index in [1.807, 2.05) is 24.4 Å². The van der Waals surface area contributed by atoms with Crippen molar-refractivity contribution in [2.75, 3.05) is 25.5 Å². The van der Waals surface area contributed by atoms with Crippen LogP contribution in [0.1, 0.15) is 109 Å². The van der Waals surface area contributed by atoms with Crippen molar-refractivity contribution in [2.45, 2.75) is 103 Å². The van der Waals surface area contributed by atoms with Gasteiger partial charge in [0.05, 0.1) is 12.8 Å². The third kappa shape index (κ3) is 15.0. The maximum absolute atomic E-state index is 5.56. The van der Waals surface area contributed by atoms with Crippen molar-refractivity contribution in [3.63, 3.8) is 0 Å². The van der Waals surface area contributed by atoms with Crippen molar-refractivity contribution >= 4 is 22.9 Å². The standard InChI is InChI=1S/C28H49N3OS/c1-3-4-5-6-7-8-9-10-11-12-13-14-15-16-17-18-22-31-28(33)25-19-20-26(30-23-21-29)27(24-25)32-2/h18-20,22,24,30H,3-17,21,23,29H2,1-2H3,(H,31,33). The Labute approximate surface area is 209 Å². The molecule has 0 heterocycles. The van der Waals surface area contributed by atoms with Gasteiger partial charge < -0.3 is 21.1 Å². The summed E-state index contributed by atoms with van der Waals surface area (Å²) >= 11 is 5.51. The summed E-state index contributed by atoms with van der Waals surface area (Å²) in [7, 11) is 1.67. The number of benzene rings is 1. The van der Waals surface area contributed by atoms with Gasteiger partial charge in [-0.3, -0.25) is 0 Å². The molecule has 0 unspecified atom stereocenters. The number of nitrogens with one attached hydrogen (secondary N) is 2. The van der Waals surface area contributed by atoms with Gasteiger partial charge in [-0.2, -0.15) is 0 Å². The molecule has 0 saturated heterocycles. The second kappa shape index (κ2) is 21.0. The first kappa shape index (κ1) is 29.4. The van der Waals surface area contributed by atoms with Crippen molar-refractivity contribution in [1.29, 1.82) is 0 Å². The number of nitrogens with two attached hydrogens (primary N) is 1. The molecule has 0 radical (unpaired) electrons. The molecule has 0 atom stereocenters. The van der Waals surface area contributed by atoms with E-state index in [2.05, 4.69) is 23.6 Å². The first-order chi connectivity index (χ1) is 16.2. The summed E-state index contributed by atoms with van der Waals surface area (Å²) in [6, 6.07) is 5.93. The van der Waals surface area contributed by atoms with Gasteiger partial charge in [-0.25, -0.2) is 0 Å². The van der Waals surface area contributed by atoms with Crippen LogP contribution < -0.4 is 21.1 Å². The van der Waals surface area contributed by atoms with Gasteiger partial charge in [0, 0.05) is 18.7 Å². The van der Waals surface area contributed by atoms with Crippen LogP contribution in [-0.2, 0) is 0 Å². The molecule has 4 nitrogen and oxygen atoms in total. The molecule has 0 aliphatic carbocycles. The Bertz CT molecular complexity index is 648. The number of ether oxygens (including phenoxy) is 1. The number of hydrogen-bond acceptors (Lipinski definition) is 4. The minimum absolute atomic E-state index is 0.578. The Morgan fingerprint density at radius 1 is 0.909 bits per heavy atom. The smallest absolute Gasteiger partial charge is 0.142 e. The lowest BCUT2D eigenvalue weighted by Crippen LogP contribution is -2.17. The van der Waals surface area contributed by atoms with Crippen LogP contribution in [0, 0.1) is 0 Å². The van der Waals surface area contributed by atoms with E-state index in [4.69, 9.17) is 22.7 Å². The molecule has 0 bridgehead atoms. The molecule has 0 aromatic heterocycles. The number of allylic oxidation sites excluding steroid dienone is 1. The molecule has 33 heavy (non-hydrogen) atoms. The van der Waals surface area contributed by atoms with Crippen LogP contribution in [0.2, 0.25) is 0 Å². The van der Waals surface area contributed by atoms with Crippen LogP contribution in [0.25, 0.3) is 0 Å². The van der Waals surface area contributed by atoms with Crippen LogP contribution in [0.5, 0.6) is 5.75 Å². The van der Waals surface area contributed by atoms with Crippen molar-refractivity contribution in [1.82, 2.24) is 5.32 Å². The Kier molecular flexibility index (Phi) is 18.7. The van der Waals surface area contributed by atoms with E-state index in [9.17, 15) is 0 Å². The molecule has 1 aromatic carbocycles. The average Bonchev–Trinajstić information content (AvgIpc) is 2.84. The SMILES string of the molecule is CCCCCCCCCCCCCCCCC=CNC(=S)c1ccc(NCCN)c(OC)c1.